The first-order chi connectivity index (χ1) is 20.9. The number of fused-ring (bicyclic) bond motifs is 1. The normalized spacial score (nSPS) is 10.7. The Morgan fingerprint density at radius 3 is 2.47 bits per heavy atom. The molecule has 0 saturated heterocycles. The molecule has 218 valence electrons. The Morgan fingerprint density at radius 1 is 0.837 bits per heavy atom. The second-order valence-corrected chi connectivity index (χ2v) is 9.84. The standard InChI is InChI=1S/C32H27ClFN5O4/c33-27-17-25(10-12-29(27)42-19-22-7-4-8-23(34)15-22)39-31-26-16-24(9-11-28(26)36-20-37-31)38-30(40)13-14-35-32(41)43-18-21-5-2-1-3-6-21/h1-12,15-17,20H,13-14,18-19H2,(H,35,41)(H,38,40)(H,36,37,39). The number of ether oxygens (including phenoxy) is 2. The second-order valence-electron chi connectivity index (χ2n) is 9.43. The van der Waals surface area contributed by atoms with Gasteiger partial charge in [-0.1, -0.05) is 54.1 Å². The predicted octanol–water partition coefficient (Wildman–Crippen LogP) is 7.00. The molecule has 5 rings (SSSR count). The SMILES string of the molecule is O=C(CCNC(=O)OCc1ccccc1)Nc1ccc2ncnc(Nc3ccc(OCc4cccc(F)c4)c(Cl)c3)c2c1. The highest BCUT2D eigenvalue weighted by Gasteiger charge is 2.11. The number of alkyl carbamates (subject to hydrolysis) is 1. The minimum atomic E-state index is -0.596. The molecule has 0 unspecified atom stereocenters. The lowest BCUT2D eigenvalue weighted by molar-refractivity contribution is -0.116. The van der Waals surface area contributed by atoms with E-state index in [0.29, 0.717) is 44.4 Å². The van der Waals surface area contributed by atoms with Crippen molar-refractivity contribution in [1.82, 2.24) is 15.3 Å². The molecular formula is C32H27ClFN5O4. The molecule has 1 heterocycles. The quantitative estimate of drug-likeness (QED) is 0.150. The van der Waals surface area contributed by atoms with Gasteiger partial charge in [-0.05, 0) is 59.7 Å². The van der Waals surface area contributed by atoms with E-state index in [-0.39, 0.29) is 37.9 Å². The van der Waals surface area contributed by atoms with Gasteiger partial charge >= 0.3 is 6.09 Å². The minimum Gasteiger partial charge on any atom is -0.487 e. The molecule has 3 N–H and O–H groups in total. The Morgan fingerprint density at radius 2 is 1.65 bits per heavy atom. The van der Waals surface area contributed by atoms with Gasteiger partial charge in [-0.25, -0.2) is 19.2 Å². The second kappa shape index (κ2) is 14.1. The number of nitrogens with one attached hydrogen (secondary N) is 3. The average molecular weight is 600 g/mol. The first-order valence-electron chi connectivity index (χ1n) is 13.4. The summed E-state index contributed by atoms with van der Waals surface area (Å²) in [6.07, 6.45) is 0.895. The van der Waals surface area contributed by atoms with Crippen molar-refractivity contribution in [1.29, 1.82) is 0 Å². The molecule has 43 heavy (non-hydrogen) atoms. The third-order valence-electron chi connectivity index (χ3n) is 6.23. The van der Waals surface area contributed by atoms with Crippen LogP contribution in [0, 0.1) is 5.82 Å². The summed E-state index contributed by atoms with van der Waals surface area (Å²) >= 11 is 6.45. The average Bonchev–Trinajstić information content (AvgIpc) is 3.00. The highest BCUT2D eigenvalue weighted by Crippen LogP contribution is 2.31. The smallest absolute Gasteiger partial charge is 0.407 e. The van der Waals surface area contributed by atoms with Crippen molar-refractivity contribution < 1.29 is 23.5 Å². The Balaban J connectivity index is 1.16. The van der Waals surface area contributed by atoms with E-state index >= 15 is 0 Å². The zero-order valence-electron chi connectivity index (χ0n) is 22.8. The van der Waals surface area contributed by atoms with Gasteiger partial charge in [-0.2, -0.15) is 0 Å². The molecule has 0 aliphatic carbocycles. The van der Waals surface area contributed by atoms with Gasteiger partial charge in [0.15, 0.2) is 0 Å². The van der Waals surface area contributed by atoms with E-state index in [1.54, 1.807) is 48.5 Å². The molecule has 5 aromatic rings. The van der Waals surface area contributed by atoms with E-state index in [4.69, 9.17) is 21.1 Å². The monoisotopic (exact) mass is 599 g/mol. The van der Waals surface area contributed by atoms with E-state index in [2.05, 4.69) is 25.9 Å². The molecule has 0 aliphatic heterocycles. The Bertz CT molecular complexity index is 1740. The number of benzene rings is 4. The van der Waals surface area contributed by atoms with Gasteiger partial charge in [0.05, 0.1) is 10.5 Å². The molecule has 0 bridgehead atoms. The van der Waals surface area contributed by atoms with Crippen LogP contribution >= 0.6 is 11.6 Å². The summed E-state index contributed by atoms with van der Waals surface area (Å²) < 4.78 is 24.3. The zero-order chi connectivity index (χ0) is 30.0. The van der Waals surface area contributed by atoms with Crippen molar-refractivity contribution in [2.45, 2.75) is 19.6 Å². The van der Waals surface area contributed by atoms with E-state index in [0.717, 1.165) is 5.56 Å². The highest BCUT2D eigenvalue weighted by molar-refractivity contribution is 6.32. The Kier molecular flexibility index (Phi) is 9.60. The zero-order valence-corrected chi connectivity index (χ0v) is 23.6. The molecule has 2 amide bonds. The fourth-order valence-electron chi connectivity index (χ4n) is 4.13. The van der Waals surface area contributed by atoms with Crippen molar-refractivity contribution in [3.05, 3.63) is 119 Å². The number of amides is 2. The Hall–Kier alpha value is -5.22. The molecular weight excluding hydrogens is 573 g/mol. The number of nitrogens with zero attached hydrogens (tertiary/aromatic N) is 2. The van der Waals surface area contributed by atoms with Crippen LogP contribution in [0.25, 0.3) is 10.9 Å². The van der Waals surface area contributed by atoms with Crippen molar-refractivity contribution in [2.24, 2.45) is 0 Å². The van der Waals surface area contributed by atoms with Gasteiger partial charge in [-0.3, -0.25) is 4.79 Å². The van der Waals surface area contributed by atoms with Crippen LogP contribution in [0.1, 0.15) is 17.5 Å². The lowest BCUT2D eigenvalue weighted by atomic mass is 10.2. The first-order valence-corrected chi connectivity index (χ1v) is 13.7. The number of hydrogen-bond acceptors (Lipinski definition) is 7. The molecule has 9 nitrogen and oxygen atoms in total. The molecule has 0 aliphatic rings. The number of rotatable bonds is 11. The largest absolute Gasteiger partial charge is 0.487 e. The van der Waals surface area contributed by atoms with Crippen molar-refractivity contribution in [3.63, 3.8) is 0 Å². The molecule has 0 spiro atoms. The Labute approximate surface area is 252 Å². The maximum Gasteiger partial charge on any atom is 0.407 e. The van der Waals surface area contributed by atoms with Crippen LogP contribution in [0.3, 0.4) is 0 Å². The number of halogens is 2. The van der Waals surface area contributed by atoms with Crippen LogP contribution in [-0.2, 0) is 22.7 Å². The number of carbonyl (C=O) groups is 2. The van der Waals surface area contributed by atoms with Gasteiger partial charge in [0.1, 0.15) is 36.9 Å². The summed E-state index contributed by atoms with van der Waals surface area (Å²) in [5, 5.41) is 9.67. The maximum absolute atomic E-state index is 13.4. The van der Waals surface area contributed by atoms with Crippen LogP contribution in [0.2, 0.25) is 5.02 Å². The maximum atomic E-state index is 13.4. The lowest BCUT2D eigenvalue weighted by Gasteiger charge is -2.13. The lowest BCUT2D eigenvalue weighted by Crippen LogP contribution is -2.28. The molecule has 0 fully saturated rings. The summed E-state index contributed by atoms with van der Waals surface area (Å²) in [5.74, 6) is 0.344. The summed E-state index contributed by atoms with van der Waals surface area (Å²) in [6.45, 7) is 0.435. The fourth-order valence-corrected chi connectivity index (χ4v) is 4.37. The molecule has 0 saturated carbocycles. The molecule has 0 radical (unpaired) electrons. The van der Waals surface area contributed by atoms with E-state index in [1.165, 1.54) is 18.5 Å². The van der Waals surface area contributed by atoms with Crippen LogP contribution in [0.15, 0.2) is 97.3 Å². The molecule has 1 aromatic heterocycles. The van der Waals surface area contributed by atoms with E-state index < -0.39 is 6.09 Å². The molecule has 0 atom stereocenters. The van der Waals surface area contributed by atoms with Crippen molar-refractivity contribution >= 4 is 51.7 Å². The van der Waals surface area contributed by atoms with Crippen LogP contribution in [0.4, 0.5) is 26.4 Å². The van der Waals surface area contributed by atoms with Gasteiger partial charge in [-0.15, -0.1) is 0 Å². The van der Waals surface area contributed by atoms with Gasteiger partial charge < -0.3 is 25.4 Å². The van der Waals surface area contributed by atoms with E-state index in [9.17, 15) is 14.0 Å². The topological polar surface area (TPSA) is 114 Å². The number of anilines is 3. The first kappa shape index (κ1) is 29.3. The van der Waals surface area contributed by atoms with Gasteiger partial charge in [0.25, 0.3) is 0 Å². The van der Waals surface area contributed by atoms with Crippen LogP contribution in [0.5, 0.6) is 5.75 Å². The fraction of sp³-hybridized carbons (Fsp3) is 0.125. The number of carbonyl (C=O) groups excluding carboxylic acids is 2. The van der Waals surface area contributed by atoms with Crippen LogP contribution in [-0.4, -0.2) is 28.5 Å². The van der Waals surface area contributed by atoms with Gasteiger partial charge in [0, 0.05) is 29.7 Å². The third kappa shape index (κ3) is 8.40. The molecule has 11 heteroatoms. The minimum absolute atomic E-state index is 0.0566. The van der Waals surface area contributed by atoms with Crippen molar-refractivity contribution in [2.75, 3.05) is 17.2 Å². The van der Waals surface area contributed by atoms with Crippen LogP contribution < -0.4 is 20.7 Å². The summed E-state index contributed by atoms with van der Waals surface area (Å²) in [5.41, 5.74) is 3.42. The predicted molar refractivity (Wildman–Crippen MR) is 163 cm³/mol. The van der Waals surface area contributed by atoms with Gasteiger partial charge in [0.2, 0.25) is 5.91 Å². The summed E-state index contributed by atoms with van der Waals surface area (Å²) in [6, 6.07) is 25.9. The van der Waals surface area contributed by atoms with Crippen molar-refractivity contribution in [3.8, 4) is 5.75 Å². The highest BCUT2D eigenvalue weighted by atomic mass is 35.5. The summed E-state index contributed by atoms with van der Waals surface area (Å²) in [4.78, 5) is 33.1. The summed E-state index contributed by atoms with van der Waals surface area (Å²) in [7, 11) is 0. The number of hydrogen-bond donors (Lipinski definition) is 3. The third-order valence-corrected chi connectivity index (χ3v) is 6.53. The van der Waals surface area contributed by atoms with E-state index in [1.807, 2.05) is 30.3 Å². The molecule has 4 aromatic carbocycles. The number of aromatic nitrogens is 2.